The van der Waals surface area contributed by atoms with Crippen molar-refractivity contribution < 1.29 is 100 Å². The molecule has 0 spiro atoms. The zero-order chi connectivity index (χ0) is 54.7. The predicted molar refractivity (Wildman–Crippen MR) is 255 cm³/mol. The van der Waals surface area contributed by atoms with Crippen molar-refractivity contribution in [3.05, 3.63) is 24.8 Å². The van der Waals surface area contributed by atoms with Gasteiger partial charge in [0.05, 0.1) is 39.6 Å². The summed E-state index contributed by atoms with van der Waals surface area (Å²) in [6.07, 6.45) is 5.09. The number of unbranched alkanes of at least 4 members (excludes halogenated alkanes) is 10. The number of fused-ring (bicyclic) bond motifs is 1. The third kappa shape index (κ3) is 21.9. The van der Waals surface area contributed by atoms with E-state index in [0.29, 0.717) is 12.4 Å². The summed E-state index contributed by atoms with van der Waals surface area (Å²) in [5.41, 5.74) is 4.06. The van der Waals surface area contributed by atoms with Gasteiger partial charge in [-0.2, -0.15) is 0 Å². The van der Waals surface area contributed by atoms with E-state index in [1.807, 2.05) is 6.08 Å². The highest BCUT2D eigenvalue weighted by Gasteiger charge is 2.47. The number of allylic oxidation sites excluding steroid dienone is 1. The number of thioether (sulfide) groups is 1. The summed E-state index contributed by atoms with van der Waals surface area (Å²) in [4.78, 5) is 96.9. The SMILES string of the molecule is C[C@@H]1O[C@@H](OCCCCCCCCCCCC/C=C/C(=O)SCCNC(=O)CCNC(=O)[C@H](O)C(C)(C)COP(=O)([O-])OP(=O)([O-])OC[C@H]2O[C@@H](n3cnc4c(N)ncnc43)[C@H](O)[C@@H]2OP(=O)([O-])[O-])[C@H](O)C[C@H]1O. The number of hydrogen-bond acceptors (Lipinski definition) is 26. The van der Waals surface area contributed by atoms with Crippen molar-refractivity contribution in [3.8, 4) is 0 Å². The van der Waals surface area contributed by atoms with Gasteiger partial charge >= 0.3 is 0 Å². The van der Waals surface area contributed by atoms with E-state index in [1.54, 1.807) is 6.92 Å². The molecule has 0 aliphatic carbocycles. The molecule has 2 aromatic rings. The highest BCUT2D eigenvalue weighted by molar-refractivity contribution is 8.14. The Hall–Kier alpha value is -2.86. The number of nitrogen functional groups attached to an aromatic ring is 1. The molecule has 28 nitrogen and oxygen atoms in total. The van der Waals surface area contributed by atoms with Gasteiger partial charge in [0.1, 0.15) is 42.4 Å². The number of nitrogens with zero attached hydrogens (tertiary/aromatic N) is 4. The van der Waals surface area contributed by atoms with Crippen molar-refractivity contribution in [1.82, 2.24) is 30.2 Å². The molecule has 2 aliphatic heterocycles. The van der Waals surface area contributed by atoms with E-state index in [0.717, 1.165) is 86.8 Å². The number of rotatable bonds is 34. The molecule has 4 heterocycles. The van der Waals surface area contributed by atoms with Gasteiger partial charge in [0, 0.05) is 43.7 Å². The Morgan fingerprint density at radius 1 is 0.919 bits per heavy atom. The lowest BCUT2D eigenvalue weighted by molar-refractivity contribution is -0.347. The summed E-state index contributed by atoms with van der Waals surface area (Å²) in [6.45, 7) is 2.32. The van der Waals surface area contributed by atoms with Crippen LogP contribution in [-0.4, -0.2) is 145 Å². The van der Waals surface area contributed by atoms with Crippen LogP contribution in [0.4, 0.5) is 5.82 Å². The van der Waals surface area contributed by atoms with Crippen molar-refractivity contribution in [2.45, 2.75) is 159 Å². The second-order valence-corrected chi connectivity index (χ2v) is 23.5. The number of carbonyl (C=O) groups is 3. The highest BCUT2D eigenvalue weighted by atomic mass is 32.2. The maximum Gasteiger partial charge on any atom is 0.274 e. The van der Waals surface area contributed by atoms with Gasteiger partial charge in [-0.3, -0.25) is 28.1 Å². The normalized spacial score (nSPS) is 24.7. The monoisotopic (exact) mass is 1130 g/mol. The number of carbonyl (C=O) groups excluding carboxylic acids is 3. The topological polar surface area (TPSA) is 434 Å². The van der Waals surface area contributed by atoms with E-state index in [4.69, 9.17) is 19.9 Å². The van der Waals surface area contributed by atoms with E-state index in [9.17, 15) is 68.1 Å². The molecule has 4 rings (SSSR count). The van der Waals surface area contributed by atoms with Gasteiger partial charge in [0.2, 0.25) is 16.9 Å². The number of ether oxygens (including phenoxy) is 3. The maximum atomic E-state index is 12.7. The number of aromatic nitrogens is 4. The third-order valence-corrected chi connectivity index (χ3v) is 15.6. The number of phosphoric acid groups is 3. The number of aliphatic hydroxyl groups excluding tert-OH is 4. The first-order chi connectivity index (χ1) is 34.8. The minimum absolute atomic E-state index is 0.0257. The maximum absolute atomic E-state index is 12.7. The fourth-order valence-corrected chi connectivity index (χ4v) is 10.9. The molecule has 2 aliphatic rings. The van der Waals surface area contributed by atoms with Gasteiger partial charge in [-0.05, 0) is 32.3 Å². The van der Waals surface area contributed by atoms with Gasteiger partial charge < -0.3 is 88.7 Å². The fourth-order valence-electron chi connectivity index (χ4n) is 7.56. The number of hydrogen-bond donors (Lipinski definition) is 7. The summed E-state index contributed by atoms with van der Waals surface area (Å²) in [7, 11) is -17.7. The van der Waals surface area contributed by atoms with E-state index in [2.05, 4.69) is 43.5 Å². The molecule has 2 fully saturated rings. The Kier molecular flexibility index (Phi) is 26.1. The Bertz CT molecular complexity index is 2280. The van der Waals surface area contributed by atoms with Gasteiger partial charge in [0.25, 0.3) is 15.6 Å². The number of aliphatic hydroxyl groups is 4. The van der Waals surface area contributed by atoms with Crippen LogP contribution < -0.4 is 35.9 Å². The Balaban J connectivity index is 1.02. The number of anilines is 1. The molecular formula is C42H68N7O21P3S-4. The summed E-state index contributed by atoms with van der Waals surface area (Å²) in [6, 6.07) is 0. The van der Waals surface area contributed by atoms with Crippen LogP contribution in [0.1, 0.15) is 110 Å². The first-order valence-corrected chi connectivity index (χ1v) is 29.4. The molecule has 2 aromatic heterocycles. The molecule has 8 N–H and O–H groups in total. The minimum atomic E-state index is -5.93. The van der Waals surface area contributed by atoms with E-state index in [1.165, 1.54) is 32.8 Å². The minimum Gasteiger partial charge on any atom is -0.790 e. The molecule has 0 aromatic carbocycles. The van der Waals surface area contributed by atoms with Crippen molar-refractivity contribution in [2.24, 2.45) is 5.41 Å². The molecule has 0 saturated carbocycles. The fraction of sp³-hybridized carbons (Fsp3) is 0.762. The molecule has 422 valence electrons. The van der Waals surface area contributed by atoms with Crippen LogP contribution in [0.25, 0.3) is 11.2 Å². The quantitative estimate of drug-likeness (QED) is 0.0272. The summed E-state index contributed by atoms with van der Waals surface area (Å²) < 4.78 is 72.0. The summed E-state index contributed by atoms with van der Waals surface area (Å²) >= 11 is 1.03. The molecule has 0 radical (unpaired) electrons. The molecule has 74 heavy (non-hydrogen) atoms. The van der Waals surface area contributed by atoms with Crippen molar-refractivity contribution in [1.29, 1.82) is 0 Å². The van der Waals surface area contributed by atoms with E-state index in [-0.39, 0.29) is 54.1 Å². The van der Waals surface area contributed by atoms with Crippen LogP contribution in [-0.2, 0) is 60.2 Å². The van der Waals surface area contributed by atoms with Crippen molar-refractivity contribution in [2.75, 3.05) is 44.4 Å². The molecule has 2 unspecified atom stereocenters. The lowest BCUT2D eigenvalue weighted by atomic mass is 9.87. The summed E-state index contributed by atoms with van der Waals surface area (Å²) in [5.74, 6) is -1.27. The number of phosphoric ester groups is 3. The van der Waals surface area contributed by atoms with Crippen LogP contribution >= 0.6 is 35.2 Å². The average Bonchev–Trinajstić information content (AvgIpc) is 3.88. The number of nitrogens with one attached hydrogen (secondary N) is 2. The lowest BCUT2D eigenvalue weighted by Gasteiger charge is -2.36. The van der Waals surface area contributed by atoms with Crippen LogP contribution in [0.15, 0.2) is 24.8 Å². The molecule has 2 saturated heterocycles. The van der Waals surface area contributed by atoms with Crippen molar-refractivity contribution >= 4 is 69.1 Å². The second kappa shape index (κ2) is 30.3. The third-order valence-electron chi connectivity index (χ3n) is 11.7. The smallest absolute Gasteiger partial charge is 0.274 e. The Morgan fingerprint density at radius 3 is 2.24 bits per heavy atom. The largest absolute Gasteiger partial charge is 0.790 e. The number of amides is 2. The second-order valence-electron chi connectivity index (χ2n) is 18.3. The van der Waals surface area contributed by atoms with E-state index >= 15 is 0 Å². The molecule has 32 heteroatoms. The Morgan fingerprint density at radius 2 is 1.57 bits per heavy atom. The van der Waals surface area contributed by atoms with Crippen LogP contribution in [0, 0.1) is 5.41 Å². The first-order valence-electron chi connectivity index (χ1n) is 24.1. The standard InChI is InChI=1S/C42H72N7O21P3S/c1-27-28(50)22-29(51)41(67-27)64-20-15-13-11-9-7-5-4-6-8-10-12-14-16-32(53)74-21-19-44-31(52)17-18-45-39(56)36(55)42(2,3)24-66-73(62,63)70-72(60,61)65-23-30-35(69-71(57,58)59)34(54)40(68-30)49-26-48-33-37(43)46-25-47-38(33)49/h14,16,25-30,34-36,40-41,50-51,54-55H,4-13,15,17-24H2,1-3H3,(H,44,52)(H,45,56)(H,60,61)(H,62,63)(H2,43,46,47)(H2,57,58,59)/p-4/b16-14+/t27-,28+,29+,30+,34+,35+,36-,40+,41+/m0/s1. The Labute approximate surface area is 432 Å². The zero-order valence-corrected chi connectivity index (χ0v) is 44.8. The highest BCUT2D eigenvalue weighted by Crippen LogP contribution is 2.56. The predicted octanol–water partition coefficient (Wildman–Crippen LogP) is -0.143. The van der Waals surface area contributed by atoms with Crippen LogP contribution in [0.2, 0.25) is 0 Å². The van der Waals surface area contributed by atoms with E-state index < -0.39 is 103 Å². The first kappa shape index (κ1) is 63.7. The van der Waals surface area contributed by atoms with Gasteiger partial charge in [-0.25, -0.2) is 19.3 Å². The number of nitrogens with two attached hydrogens (primary N) is 1. The lowest BCUT2D eigenvalue weighted by Crippen LogP contribution is -2.47. The van der Waals surface area contributed by atoms with Gasteiger partial charge in [-0.15, -0.1) is 0 Å². The molecule has 2 amide bonds. The average molecular weight is 1130 g/mol. The molecule has 11 atom stereocenters. The van der Waals surface area contributed by atoms with Crippen LogP contribution in [0.5, 0.6) is 0 Å². The van der Waals surface area contributed by atoms with Gasteiger partial charge in [-0.1, -0.05) is 83.1 Å². The van der Waals surface area contributed by atoms with Crippen LogP contribution in [0.3, 0.4) is 0 Å². The molecule has 0 bridgehead atoms. The molecular weight excluding hydrogens is 1060 g/mol. The zero-order valence-electron chi connectivity index (χ0n) is 41.3. The summed E-state index contributed by atoms with van der Waals surface area (Å²) in [5, 5.41) is 46.0. The number of imidazole rings is 1. The van der Waals surface area contributed by atoms with Crippen molar-refractivity contribution in [3.63, 3.8) is 0 Å². The van der Waals surface area contributed by atoms with Gasteiger partial charge in [0.15, 0.2) is 24.0 Å².